The Balaban J connectivity index is 2.66. The Morgan fingerprint density at radius 3 is 2.67 bits per heavy atom. The van der Waals surface area contributed by atoms with Crippen molar-refractivity contribution in [3.8, 4) is 11.3 Å². The number of nitrogens with two attached hydrogens (primary N) is 1. The van der Waals surface area contributed by atoms with Gasteiger partial charge in [0.1, 0.15) is 5.82 Å². The Bertz CT molecular complexity index is 513. The predicted molar refractivity (Wildman–Crippen MR) is 54.0 cm³/mol. The van der Waals surface area contributed by atoms with Gasteiger partial charge in [0.25, 0.3) is 0 Å². The Morgan fingerprint density at radius 1 is 1.33 bits per heavy atom. The summed E-state index contributed by atoms with van der Waals surface area (Å²) in [6.45, 7) is 0. The van der Waals surface area contributed by atoms with Crippen LogP contribution in [0.4, 0.5) is 14.6 Å². The summed E-state index contributed by atoms with van der Waals surface area (Å²) < 4.78 is 31.7. The first kappa shape index (κ1) is 10.1. The van der Waals surface area contributed by atoms with Gasteiger partial charge in [-0.1, -0.05) is 5.16 Å². The fourth-order valence-corrected chi connectivity index (χ4v) is 1.49. The standard InChI is InChI=1S/C9H5BrF2N2O/c10-4-1-2-5(11)8(9(4)12)6-3-7(13)14-15-6/h1-3H,(H2,13,14). The maximum absolute atomic E-state index is 13.5. The van der Waals surface area contributed by atoms with Crippen molar-refractivity contribution < 1.29 is 13.3 Å². The Morgan fingerprint density at radius 2 is 2.07 bits per heavy atom. The number of rotatable bonds is 1. The summed E-state index contributed by atoms with van der Waals surface area (Å²) in [4.78, 5) is 0. The Labute approximate surface area is 92.0 Å². The van der Waals surface area contributed by atoms with Gasteiger partial charge in [-0.15, -0.1) is 0 Å². The smallest absolute Gasteiger partial charge is 0.175 e. The van der Waals surface area contributed by atoms with Gasteiger partial charge >= 0.3 is 0 Å². The van der Waals surface area contributed by atoms with Crippen molar-refractivity contribution in [1.29, 1.82) is 0 Å². The van der Waals surface area contributed by atoms with E-state index in [0.717, 1.165) is 6.07 Å². The van der Waals surface area contributed by atoms with Crippen molar-refractivity contribution in [2.24, 2.45) is 0 Å². The molecule has 1 aromatic carbocycles. The second kappa shape index (κ2) is 3.62. The van der Waals surface area contributed by atoms with E-state index >= 15 is 0 Å². The van der Waals surface area contributed by atoms with Gasteiger partial charge in [-0.2, -0.15) is 0 Å². The van der Waals surface area contributed by atoms with Crippen LogP contribution in [0.1, 0.15) is 0 Å². The molecule has 0 saturated heterocycles. The zero-order valence-electron chi connectivity index (χ0n) is 7.30. The highest BCUT2D eigenvalue weighted by Crippen LogP contribution is 2.31. The monoisotopic (exact) mass is 274 g/mol. The van der Waals surface area contributed by atoms with Gasteiger partial charge in [-0.25, -0.2) is 8.78 Å². The molecule has 1 heterocycles. The van der Waals surface area contributed by atoms with E-state index in [0.29, 0.717) is 0 Å². The van der Waals surface area contributed by atoms with Crippen molar-refractivity contribution >= 4 is 21.7 Å². The third-order valence-electron chi connectivity index (χ3n) is 1.82. The van der Waals surface area contributed by atoms with Crippen LogP contribution in [0.5, 0.6) is 0 Å². The molecule has 0 amide bonds. The molecule has 6 heteroatoms. The van der Waals surface area contributed by atoms with E-state index in [2.05, 4.69) is 21.1 Å². The number of nitrogen functional groups attached to an aromatic ring is 1. The number of nitrogens with zero attached hydrogens (tertiary/aromatic N) is 1. The first-order valence-electron chi connectivity index (χ1n) is 3.95. The van der Waals surface area contributed by atoms with Crippen molar-refractivity contribution in [1.82, 2.24) is 5.16 Å². The molecule has 78 valence electrons. The third-order valence-corrected chi connectivity index (χ3v) is 2.43. The van der Waals surface area contributed by atoms with Crippen LogP contribution >= 0.6 is 15.9 Å². The number of anilines is 1. The van der Waals surface area contributed by atoms with E-state index in [1.165, 1.54) is 12.1 Å². The normalized spacial score (nSPS) is 10.6. The Hall–Kier alpha value is -1.43. The van der Waals surface area contributed by atoms with E-state index in [1.807, 2.05) is 0 Å². The first-order chi connectivity index (χ1) is 7.09. The second-order valence-electron chi connectivity index (χ2n) is 2.83. The molecule has 0 spiro atoms. The first-order valence-corrected chi connectivity index (χ1v) is 4.75. The highest BCUT2D eigenvalue weighted by atomic mass is 79.9. The van der Waals surface area contributed by atoms with Gasteiger partial charge in [-0.3, -0.25) is 0 Å². The summed E-state index contributed by atoms with van der Waals surface area (Å²) in [5.74, 6) is -1.44. The highest BCUT2D eigenvalue weighted by Gasteiger charge is 2.18. The lowest BCUT2D eigenvalue weighted by atomic mass is 10.1. The predicted octanol–water partition coefficient (Wildman–Crippen LogP) is 2.96. The molecule has 0 radical (unpaired) electrons. The van der Waals surface area contributed by atoms with Crippen LogP contribution in [0.3, 0.4) is 0 Å². The topological polar surface area (TPSA) is 52.0 Å². The molecule has 0 unspecified atom stereocenters. The van der Waals surface area contributed by atoms with Crippen LogP contribution in [-0.4, -0.2) is 5.16 Å². The molecular formula is C9H5BrF2N2O. The summed E-state index contributed by atoms with van der Waals surface area (Å²) in [5, 5.41) is 3.36. The fourth-order valence-electron chi connectivity index (χ4n) is 1.16. The molecule has 2 rings (SSSR count). The average Bonchev–Trinajstić information content (AvgIpc) is 2.59. The molecule has 0 fully saturated rings. The van der Waals surface area contributed by atoms with E-state index < -0.39 is 11.6 Å². The second-order valence-corrected chi connectivity index (χ2v) is 3.69. The van der Waals surface area contributed by atoms with Crippen LogP contribution in [-0.2, 0) is 0 Å². The van der Waals surface area contributed by atoms with Crippen LogP contribution in [0, 0.1) is 11.6 Å². The van der Waals surface area contributed by atoms with Gasteiger partial charge in [-0.05, 0) is 28.1 Å². The minimum Gasteiger partial charge on any atom is -0.381 e. The summed E-state index contributed by atoms with van der Waals surface area (Å²) in [7, 11) is 0. The molecule has 0 aliphatic heterocycles. The lowest BCUT2D eigenvalue weighted by Crippen LogP contribution is -1.89. The highest BCUT2D eigenvalue weighted by molar-refractivity contribution is 9.10. The molecule has 2 aromatic rings. The quantitative estimate of drug-likeness (QED) is 0.814. The van der Waals surface area contributed by atoms with Crippen molar-refractivity contribution in [2.45, 2.75) is 0 Å². The van der Waals surface area contributed by atoms with E-state index in [9.17, 15) is 8.78 Å². The number of hydrogen-bond donors (Lipinski definition) is 1. The number of benzene rings is 1. The minimum atomic E-state index is -0.744. The van der Waals surface area contributed by atoms with Crippen LogP contribution < -0.4 is 5.73 Å². The van der Waals surface area contributed by atoms with Crippen LogP contribution in [0.25, 0.3) is 11.3 Å². The average molecular weight is 275 g/mol. The summed E-state index contributed by atoms with van der Waals surface area (Å²) in [6.07, 6.45) is 0. The van der Waals surface area contributed by atoms with E-state index in [4.69, 9.17) is 10.3 Å². The van der Waals surface area contributed by atoms with Gasteiger partial charge in [0.15, 0.2) is 17.4 Å². The van der Waals surface area contributed by atoms with Crippen molar-refractivity contribution in [3.63, 3.8) is 0 Å². The van der Waals surface area contributed by atoms with Gasteiger partial charge in [0.05, 0.1) is 10.0 Å². The summed E-state index contributed by atoms with van der Waals surface area (Å²) in [6, 6.07) is 3.66. The summed E-state index contributed by atoms with van der Waals surface area (Å²) in [5.41, 5.74) is 5.01. The lowest BCUT2D eigenvalue weighted by Gasteiger charge is -2.01. The van der Waals surface area contributed by atoms with E-state index in [1.54, 1.807) is 0 Å². The van der Waals surface area contributed by atoms with Crippen LogP contribution in [0.2, 0.25) is 0 Å². The fraction of sp³-hybridized carbons (Fsp3) is 0. The molecular weight excluding hydrogens is 270 g/mol. The maximum Gasteiger partial charge on any atom is 0.175 e. The van der Waals surface area contributed by atoms with Crippen molar-refractivity contribution in [2.75, 3.05) is 5.73 Å². The molecule has 0 aliphatic carbocycles. The lowest BCUT2D eigenvalue weighted by molar-refractivity contribution is 0.429. The zero-order valence-corrected chi connectivity index (χ0v) is 8.88. The van der Waals surface area contributed by atoms with E-state index in [-0.39, 0.29) is 21.6 Å². The molecule has 15 heavy (non-hydrogen) atoms. The molecule has 1 aromatic heterocycles. The minimum absolute atomic E-state index is 0.0381. The molecule has 2 N–H and O–H groups in total. The number of halogens is 3. The maximum atomic E-state index is 13.5. The molecule has 0 bridgehead atoms. The summed E-state index contributed by atoms with van der Waals surface area (Å²) >= 11 is 2.95. The van der Waals surface area contributed by atoms with Gasteiger partial charge in [0, 0.05) is 6.07 Å². The van der Waals surface area contributed by atoms with Gasteiger partial charge < -0.3 is 10.3 Å². The molecule has 0 saturated carbocycles. The third kappa shape index (κ3) is 1.72. The zero-order chi connectivity index (χ0) is 11.0. The number of aromatic nitrogens is 1. The molecule has 0 atom stereocenters. The SMILES string of the molecule is Nc1cc(-c2c(F)ccc(Br)c2F)on1. The largest absolute Gasteiger partial charge is 0.381 e. The van der Waals surface area contributed by atoms with Crippen molar-refractivity contribution in [3.05, 3.63) is 34.3 Å². The molecule has 0 aliphatic rings. The van der Waals surface area contributed by atoms with Gasteiger partial charge in [0.2, 0.25) is 0 Å². The van der Waals surface area contributed by atoms with Crippen LogP contribution in [0.15, 0.2) is 27.2 Å². The Kier molecular flexibility index (Phi) is 2.44. The molecule has 3 nitrogen and oxygen atoms in total. The number of hydrogen-bond acceptors (Lipinski definition) is 3.